The lowest BCUT2D eigenvalue weighted by molar-refractivity contribution is -0.760. The molecule has 2 N–H and O–H groups in total. The zero-order chi connectivity index (χ0) is 20.5. The molecule has 1 aromatic heterocycles. The maximum Gasteiger partial charge on any atom is 0.386 e. The summed E-state index contributed by atoms with van der Waals surface area (Å²) in [7, 11) is -2.63. The Kier molecular flexibility index (Phi) is 5.54. The Bertz CT molecular complexity index is 998. The minimum atomic E-state index is -3.69. The molecule has 150 valence electrons. The number of hydrogen-bond acceptors (Lipinski definition) is 9. The number of rotatable bonds is 5. The quantitative estimate of drug-likeness (QED) is 0.279. The Morgan fingerprint density at radius 3 is 2.39 bits per heavy atom. The Morgan fingerprint density at radius 1 is 1.21 bits per heavy atom. The first kappa shape index (κ1) is 20.0. The predicted octanol–water partition coefficient (Wildman–Crippen LogP) is -0.804. The zero-order valence-corrected chi connectivity index (χ0v) is 16.3. The molecule has 0 unspecified atom stereocenters. The van der Waals surface area contributed by atoms with Crippen molar-refractivity contribution in [2.75, 3.05) is 44.0 Å². The van der Waals surface area contributed by atoms with E-state index in [4.69, 9.17) is 21.9 Å². The summed E-state index contributed by atoms with van der Waals surface area (Å²) < 4.78 is 36.0. The van der Waals surface area contributed by atoms with Crippen LogP contribution in [0.5, 0.6) is 0 Å². The maximum atomic E-state index is 12.7. The number of anilines is 1. The van der Waals surface area contributed by atoms with Crippen LogP contribution in [0.4, 0.5) is 5.88 Å². The summed E-state index contributed by atoms with van der Waals surface area (Å²) in [6.07, 6.45) is 0. The summed E-state index contributed by atoms with van der Waals surface area (Å²) in [4.78, 5) is 24.9. The fraction of sp³-hybridized carbons (Fsp3) is 0.333. The van der Waals surface area contributed by atoms with E-state index in [0.29, 0.717) is 5.02 Å². The van der Waals surface area contributed by atoms with Crippen molar-refractivity contribution in [3.05, 3.63) is 35.0 Å². The van der Waals surface area contributed by atoms with E-state index in [0.717, 1.165) is 11.9 Å². The zero-order valence-electron chi connectivity index (χ0n) is 14.7. The molecule has 0 spiro atoms. The number of hydrogen-bond donors (Lipinski definition) is 1. The van der Waals surface area contributed by atoms with Crippen LogP contribution in [0.3, 0.4) is 0 Å². The Morgan fingerprint density at radius 2 is 1.82 bits per heavy atom. The monoisotopic (exact) mass is 430 g/mol. The topological polar surface area (TPSA) is 140 Å². The fourth-order valence-corrected chi connectivity index (χ4v) is 4.26. The van der Waals surface area contributed by atoms with E-state index in [9.17, 15) is 18.0 Å². The van der Waals surface area contributed by atoms with Gasteiger partial charge >= 0.3 is 23.3 Å². The van der Waals surface area contributed by atoms with E-state index >= 15 is 0 Å². The van der Waals surface area contributed by atoms with Gasteiger partial charge in [-0.2, -0.15) is 4.31 Å². The third-order valence-electron chi connectivity index (χ3n) is 4.17. The molecular weight excluding hydrogens is 414 g/mol. The summed E-state index contributed by atoms with van der Waals surface area (Å²) in [6, 6.07) is 5.88. The van der Waals surface area contributed by atoms with Crippen LogP contribution in [-0.4, -0.2) is 63.0 Å². The highest BCUT2D eigenvalue weighted by molar-refractivity contribution is 7.89. The lowest BCUT2D eigenvalue weighted by Gasteiger charge is -2.29. The van der Waals surface area contributed by atoms with Crippen molar-refractivity contribution < 1.29 is 32.1 Å². The van der Waals surface area contributed by atoms with Gasteiger partial charge in [-0.1, -0.05) is 11.6 Å². The first-order valence-corrected chi connectivity index (χ1v) is 9.88. The summed E-state index contributed by atoms with van der Waals surface area (Å²) in [5.74, 6) is -2.48. The smallest absolute Gasteiger partial charge is 0.386 e. The molecule has 0 bridgehead atoms. The molecule has 0 radical (unpaired) electrons. The summed E-state index contributed by atoms with van der Waals surface area (Å²) >= 11 is 5.81. The Balaban J connectivity index is 1.77. The number of ketones is 1. The van der Waals surface area contributed by atoms with Crippen molar-refractivity contribution >= 4 is 39.3 Å². The van der Waals surface area contributed by atoms with Gasteiger partial charge in [0.05, 0.1) is 29.9 Å². The fourth-order valence-electron chi connectivity index (χ4n) is 2.71. The van der Waals surface area contributed by atoms with E-state index < -0.39 is 21.8 Å². The van der Waals surface area contributed by atoms with Crippen molar-refractivity contribution in [1.29, 1.82) is 0 Å². The van der Waals surface area contributed by atoms with Crippen LogP contribution in [0.1, 0.15) is 10.5 Å². The SMILES string of the molecule is COC(=O)C(=O)c1c(N)on[n+]1N1CCN(S(=O)(=O)c2ccc(Cl)cc2)CC1. The van der Waals surface area contributed by atoms with Gasteiger partial charge in [0.1, 0.15) is 0 Å². The van der Waals surface area contributed by atoms with Crippen LogP contribution in [0.15, 0.2) is 33.7 Å². The van der Waals surface area contributed by atoms with Gasteiger partial charge in [0.15, 0.2) is 0 Å². The molecule has 3 rings (SSSR count). The van der Waals surface area contributed by atoms with Crippen molar-refractivity contribution in [3.63, 3.8) is 0 Å². The summed E-state index contributed by atoms with van der Waals surface area (Å²) in [6.45, 7) is 0.614. The lowest BCUT2D eigenvalue weighted by atomic mass is 10.3. The van der Waals surface area contributed by atoms with E-state index in [1.807, 2.05) is 0 Å². The number of carbonyl (C=O) groups is 2. The molecule has 28 heavy (non-hydrogen) atoms. The number of nitrogens with two attached hydrogens (primary N) is 1. The number of aromatic nitrogens is 2. The van der Waals surface area contributed by atoms with Gasteiger partial charge in [-0.25, -0.2) is 13.2 Å². The molecule has 1 saturated heterocycles. The molecule has 1 aliphatic heterocycles. The average molecular weight is 431 g/mol. The Hall–Kier alpha value is -2.70. The number of sulfonamides is 1. The largest absolute Gasteiger partial charge is 0.463 e. The first-order chi connectivity index (χ1) is 13.3. The second-order valence-corrected chi connectivity index (χ2v) is 8.18. The molecule has 0 aliphatic carbocycles. The first-order valence-electron chi connectivity index (χ1n) is 8.06. The standard InChI is InChI=1S/C15H16ClN5O6S/c1-26-15(23)13(22)12-14(17)27-18-21(12)19-6-8-20(9-7-19)28(24,25)11-4-2-10(16)3-5-11/h2-5H,6-9H2,1H3,(H-,17,18,22)/p+1. The minimum Gasteiger partial charge on any atom is -0.463 e. The molecule has 1 aliphatic rings. The predicted molar refractivity (Wildman–Crippen MR) is 95.6 cm³/mol. The van der Waals surface area contributed by atoms with Crippen LogP contribution in [0, 0.1) is 0 Å². The minimum absolute atomic E-state index is 0.122. The number of methoxy groups -OCH3 is 1. The van der Waals surface area contributed by atoms with Crippen LogP contribution in [0.2, 0.25) is 5.02 Å². The van der Waals surface area contributed by atoms with E-state index in [1.54, 1.807) is 5.01 Å². The summed E-state index contributed by atoms with van der Waals surface area (Å²) in [5, 5.41) is 5.65. The molecule has 13 heteroatoms. The number of piperazine rings is 1. The molecular formula is C15H17ClN5O6S+. The molecule has 2 aromatic rings. The number of esters is 1. The second-order valence-electron chi connectivity index (χ2n) is 5.81. The van der Waals surface area contributed by atoms with Gasteiger partial charge in [-0.05, 0) is 24.3 Å². The molecule has 0 saturated carbocycles. The van der Waals surface area contributed by atoms with Gasteiger partial charge in [-0.3, -0.25) is 9.32 Å². The summed E-state index contributed by atoms with van der Waals surface area (Å²) in [5.41, 5.74) is 5.33. The number of Topliss-reactive ketones (excluding diaryl/α,β-unsaturated/α-hetero) is 1. The van der Waals surface area contributed by atoms with Crippen molar-refractivity contribution in [3.8, 4) is 0 Å². The molecule has 1 aromatic carbocycles. The molecule has 2 heterocycles. The van der Waals surface area contributed by atoms with Gasteiger partial charge < -0.3 is 10.5 Å². The van der Waals surface area contributed by atoms with E-state index in [1.165, 1.54) is 28.6 Å². The normalized spacial score (nSPS) is 15.4. The highest BCUT2D eigenvalue weighted by Gasteiger charge is 2.41. The number of nitrogens with zero attached hydrogens (tertiary/aromatic N) is 4. The third-order valence-corrected chi connectivity index (χ3v) is 6.33. The van der Waals surface area contributed by atoms with E-state index in [-0.39, 0.29) is 42.7 Å². The molecule has 11 nitrogen and oxygen atoms in total. The van der Waals surface area contributed by atoms with Gasteiger partial charge in [0.2, 0.25) is 15.3 Å². The molecule has 0 amide bonds. The van der Waals surface area contributed by atoms with E-state index in [2.05, 4.69) is 10.0 Å². The number of nitrogen functional groups attached to an aromatic ring is 1. The molecule has 0 atom stereocenters. The Labute approximate surface area is 165 Å². The van der Waals surface area contributed by atoms with Crippen molar-refractivity contribution in [1.82, 2.24) is 9.58 Å². The average Bonchev–Trinajstić information content (AvgIpc) is 3.08. The second kappa shape index (κ2) is 7.73. The van der Waals surface area contributed by atoms with Crippen LogP contribution in [0.25, 0.3) is 0 Å². The van der Waals surface area contributed by atoms with Gasteiger partial charge in [0, 0.05) is 18.1 Å². The van der Waals surface area contributed by atoms with Crippen LogP contribution < -0.4 is 15.5 Å². The molecule has 1 fully saturated rings. The van der Waals surface area contributed by atoms with Crippen LogP contribution in [-0.2, 0) is 19.6 Å². The van der Waals surface area contributed by atoms with Gasteiger partial charge in [0.25, 0.3) is 0 Å². The van der Waals surface area contributed by atoms with Crippen molar-refractivity contribution in [2.45, 2.75) is 4.90 Å². The number of carbonyl (C=O) groups excluding carboxylic acids is 2. The maximum absolute atomic E-state index is 12.7. The number of halogens is 1. The number of ether oxygens (including phenoxy) is 1. The van der Waals surface area contributed by atoms with Crippen LogP contribution >= 0.6 is 11.6 Å². The number of benzene rings is 1. The third kappa shape index (κ3) is 3.66. The van der Waals surface area contributed by atoms with Gasteiger partial charge in [-0.15, -0.1) is 5.01 Å². The highest BCUT2D eigenvalue weighted by atomic mass is 35.5. The lowest BCUT2D eigenvalue weighted by Crippen LogP contribution is -2.68. The van der Waals surface area contributed by atoms with Crippen molar-refractivity contribution in [2.24, 2.45) is 0 Å². The highest BCUT2D eigenvalue weighted by Crippen LogP contribution is 2.19.